The summed E-state index contributed by atoms with van der Waals surface area (Å²) in [5.41, 5.74) is 7.87. The van der Waals surface area contributed by atoms with Crippen LogP contribution in [-0.2, 0) is 0 Å². The lowest BCUT2D eigenvalue weighted by Gasteiger charge is -2.26. The molecule has 0 aliphatic heterocycles. The largest absolute Gasteiger partial charge is 0.492 e. The molecule has 1 aliphatic carbocycles. The Kier molecular flexibility index (Phi) is 3.51. The van der Waals surface area contributed by atoms with Crippen LogP contribution < -0.4 is 10.5 Å². The lowest BCUT2D eigenvalue weighted by molar-refractivity contribution is 0.328. The van der Waals surface area contributed by atoms with Crippen LogP contribution in [0.1, 0.15) is 30.9 Å². The summed E-state index contributed by atoms with van der Waals surface area (Å²) in [7, 11) is 0. The maximum atomic E-state index is 5.58. The summed E-state index contributed by atoms with van der Waals surface area (Å²) in [4.78, 5) is 4.30. The normalized spacial score (nSPS) is 15.2. The van der Waals surface area contributed by atoms with Crippen LogP contribution in [-0.4, -0.2) is 22.7 Å². The molecule has 1 heterocycles. The van der Waals surface area contributed by atoms with E-state index in [1.165, 1.54) is 25.0 Å². The van der Waals surface area contributed by atoms with Gasteiger partial charge in [-0.15, -0.1) is 0 Å². The summed E-state index contributed by atoms with van der Waals surface area (Å²) in [6, 6.07) is 8.09. The topological polar surface area (TPSA) is 53.1 Å². The third kappa shape index (κ3) is 2.49. The lowest BCUT2D eigenvalue weighted by atomic mass is 9.83. The van der Waals surface area contributed by atoms with Crippen molar-refractivity contribution in [2.24, 2.45) is 5.73 Å². The highest BCUT2D eigenvalue weighted by Gasteiger charge is 2.23. The minimum Gasteiger partial charge on any atom is -0.492 e. The molecule has 1 aromatic carbocycles. The first-order valence-electron chi connectivity index (χ1n) is 6.84. The molecule has 0 saturated heterocycles. The van der Waals surface area contributed by atoms with Gasteiger partial charge in [-0.25, -0.2) is 4.98 Å². The minimum atomic E-state index is 0.530. The average molecular weight is 257 g/mol. The van der Waals surface area contributed by atoms with Gasteiger partial charge in [-0.2, -0.15) is 0 Å². The Labute approximate surface area is 113 Å². The lowest BCUT2D eigenvalue weighted by Crippen LogP contribution is -2.13. The average Bonchev–Trinajstić information content (AvgIpc) is 2.83. The van der Waals surface area contributed by atoms with Gasteiger partial charge in [0.25, 0.3) is 0 Å². The molecule has 1 fully saturated rings. The van der Waals surface area contributed by atoms with E-state index in [0.717, 1.165) is 11.4 Å². The number of ether oxygens (including phenoxy) is 1. The summed E-state index contributed by atoms with van der Waals surface area (Å²) in [5.74, 6) is 1.52. The summed E-state index contributed by atoms with van der Waals surface area (Å²) >= 11 is 0. The number of hydrogen-bond acceptors (Lipinski definition) is 3. The molecule has 100 valence electrons. The van der Waals surface area contributed by atoms with E-state index in [4.69, 9.17) is 10.5 Å². The van der Waals surface area contributed by atoms with Crippen molar-refractivity contribution in [3.05, 3.63) is 42.5 Å². The molecule has 0 spiro atoms. The molecule has 1 saturated carbocycles. The molecule has 0 radical (unpaired) electrons. The Morgan fingerprint density at radius 2 is 2.26 bits per heavy atom. The van der Waals surface area contributed by atoms with Crippen LogP contribution in [0.25, 0.3) is 5.69 Å². The second-order valence-electron chi connectivity index (χ2n) is 4.95. The number of benzene rings is 1. The number of nitrogens with two attached hydrogens (primary N) is 1. The molecular formula is C15H19N3O. The minimum absolute atomic E-state index is 0.530. The van der Waals surface area contributed by atoms with Crippen molar-refractivity contribution in [3.63, 3.8) is 0 Å². The first-order valence-corrected chi connectivity index (χ1v) is 6.84. The van der Waals surface area contributed by atoms with E-state index >= 15 is 0 Å². The quantitative estimate of drug-likeness (QED) is 0.895. The Bertz CT molecular complexity index is 546. The van der Waals surface area contributed by atoms with E-state index in [1.807, 2.05) is 30.7 Å². The van der Waals surface area contributed by atoms with E-state index in [0.29, 0.717) is 19.1 Å². The zero-order valence-corrected chi connectivity index (χ0v) is 11.0. The SMILES string of the molecule is NCCOc1cccc(-n2cncc2C2CCC2)c1. The molecule has 1 aromatic heterocycles. The van der Waals surface area contributed by atoms with Gasteiger partial charge in [0.2, 0.25) is 0 Å². The van der Waals surface area contributed by atoms with Crippen LogP contribution in [0.4, 0.5) is 0 Å². The standard InChI is InChI=1S/C15H19N3O/c16-7-8-19-14-6-2-5-13(9-14)18-11-17-10-15(18)12-3-1-4-12/h2,5-6,9-12H,1,3-4,7-8,16H2. The zero-order chi connectivity index (χ0) is 13.1. The van der Waals surface area contributed by atoms with Gasteiger partial charge >= 0.3 is 0 Å². The van der Waals surface area contributed by atoms with Crippen LogP contribution in [0, 0.1) is 0 Å². The zero-order valence-electron chi connectivity index (χ0n) is 11.0. The molecule has 4 heteroatoms. The molecule has 4 nitrogen and oxygen atoms in total. The van der Waals surface area contributed by atoms with Crippen molar-refractivity contribution >= 4 is 0 Å². The highest BCUT2D eigenvalue weighted by Crippen LogP contribution is 2.37. The van der Waals surface area contributed by atoms with Crippen LogP contribution in [0.3, 0.4) is 0 Å². The first kappa shape index (κ1) is 12.2. The van der Waals surface area contributed by atoms with Crippen molar-refractivity contribution in [2.75, 3.05) is 13.2 Å². The Morgan fingerprint density at radius 3 is 3.00 bits per heavy atom. The smallest absolute Gasteiger partial charge is 0.121 e. The molecule has 1 aliphatic rings. The fourth-order valence-electron chi connectivity index (χ4n) is 2.43. The van der Waals surface area contributed by atoms with E-state index in [-0.39, 0.29) is 0 Å². The van der Waals surface area contributed by atoms with Crippen LogP contribution >= 0.6 is 0 Å². The van der Waals surface area contributed by atoms with Crippen LogP contribution in [0.2, 0.25) is 0 Å². The summed E-state index contributed by atoms with van der Waals surface area (Å²) < 4.78 is 7.74. The van der Waals surface area contributed by atoms with Crippen molar-refractivity contribution in [1.82, 2.24) is 9.55 Å². The van der Waals surface area contributed by atoms with Gasteiger partial charge in [0.15, 0.2) is 0 Å². The highest BCUT2D eigenvalue weighted by atomic mass is 16.5. The molecule has 3 rings (SSSR count). The fraction of sp³-hybridized carbons (Fsp3) is 0.400. The van der Waals surface area contributed by atoms with Crippen molar-refractivity contribution in [3.8, 4) is 11.4 Å². The van der Waals surface area contributed by atoms with Gasteiger partial charge in [0.05, 0.1) is 12.0 Å². The van der Waals surface area contributed by atoms with E-state index in [2.05, 4.69) is 15.6 Å². The van der Waals surface area contributed by atoms with E-state index < -0.39 is 0 Å². The van der Waals surface area contributed by atoms with Gasteiger partial charge in [-0.3, -0.25) is 0 Å². The van der Waals surface area contributed by atoms with Crippen molar-refractivity contribution in [1.29, 1.82) is 0 Å². The Hall–Kier alpha value is -1.81. The van der Waals surface area contributed by atoms with Crippen LogP contribution in [0.5, 0.6) is 5.75 Å². The maximum absolute atomic E-state index is 5.58. The molecule has 0 bridgehead atoms. The molecule has 0 atom stereocenters. The Morgan fingerprint density at radius 1 is 1.37 bits per heavy atom. The van der Waals surface area contributed by atoms with Crippen LogP contribution in [0.15, 0.2) is 36.8 Å². The fourth-order valence-corrected chi connectivity index (χ4v) is 2.43. The predicted octanol–water partition coefficient (Wildman–Crippen LogP) is 2.48. The monoisotopic (exact) mass is 257 g/mol. The molecule has 2 aromatic rings. The molecule has 19 heavy (non-hydrogen) atoms. The van der Waals surface area contributed by atoms with Gasteiger partial charge < -0.3 is 15.0 Å². The number of hydrogen-bond donors (Lipinski definition) is 1. The van der Waals surface area contributed by atoms with Gasteiger partial charge in [0.1, 0.15) is 12.4 Å². The summed E-state index contributed by atoms with van der Waals surface area (Å²) in [5, 5.41) is 0. The van der Waals surface area contributed by atoms with Gasteiger partial charge in [-0.05, 0) is 25.0 Å². The van der Waals surface area contributed by atoms with E-state index in [9.17, 15) is 0 Å². The third-order valence-electron chi connectivity index (χ3n) is 3.67. The third-order valence-corrected chi connectivity index (χ3v) is 3.67. The second kappa shape index (κ2) is 5.45. The number of rotatable bonds is 5. The van der Waals surface area contributed by atoms with Gasteiger partial charge in [0, 0.05) is 30.4 Å². The first-order chi connectivity index (χ1) is 9.38. The summed E-state index contributed by atoms with van der Waals surface area (Å²) in [6.45, 7) is 1.07. The molecule has 2 N–H and O–H groups in total. The molecular weight excluding hydrogens is 238 g/mol. The highest BCUT2D eigenvalue weighted by molar-refractivity contribution is 5.41. The van der Waals surface area contributed by atoms with Gasteiger partial charge in [-0.1, -0.05) is 12.5 Å². The van der Waals surface area contributed by atoms with E-state index in [1.54, 1.807) is 0 Å². The van der Waals surface area contributed by atoms with Crippen molar-refractivity contribution in [2.45, 2.75) is 25.2 Å². The maximum Gasteiger partial charge on any atom is 0.121 e. The second-order valence-corrected chi connectivity index (χ2v) is 4.95. The number of nitrogens with zero attached hydrogens (tertiary/aromatic N) is 2. The Balaban J connectivity index is 1.87. The van der Waals surface area contributed by atoms with Crippen molar-refractivity contribution < 1.29 is 4.74 Å². The predicted molar refractivity (Wildman–Crippen MR) is 74.7 cm³/mol. The summed E-state index contributed by atoms with van der Waals surface area (Å²) in [6.07, 6.45) is 7.74. The molecule has 0 amide bonds. The number of aromatic nitrogens is 2. The molecule has 0 unspecified atom stereocenters. The number of imidazole rings is 1.